The van der Waals surface area contributed by atoms with E-state index in [4.69, 9.17) is 0 Å². The Kier molecular flexibility index (Phi) is 5.68. The van der Waals surface area contributed by atoms with E-state index in [2.05, 4.69) is 53.6 Å². The fourth-order valence-electron chi connectivity index (χ4n) is 2.91. The maximum absolute atomic E-state index is 12.6. The molecule has 4 aromatic rings. The molecule has 0 atom stereocenters. The lowest BCUT2D eigenvalue weighted by molar-refractivity contribution is 0.0958. The summed E-state index contributed by atoms with van der Waals surface area (Å²) in [4.78, 5) is 24.8. The number of benzene rings is 1. The third-order valence-corrected chi connectivity index (χ3v) is 5.76. The highest BCUT2D eigenvalue weighted by Gasteiger charge is 2.14. The highest BCUT2D eigenvalue weighted by Crippen LogP contribution is 2.28. The SMILES string of the molecule is O=C(NCCCc1ccc(Br)cc1)c1sccc1Nc1ncnc2[nH]ccc12. The van der Waals surface area contributed by atoms with Gasteiger partial charge in [0.1, 0.15) is 22.7 Å². The largest absolute Gasteiger partial charge is 0.351 e. The van der Waals surface area contributed by atoms with E-state index in [0.717, 1.165) is 34.0 Å². The highest BCUT2D eigenvalue weighted by molar-refractivity contribution is 9.10. The predicted molar refractivity (Wildman–Crippen MR) is 116 cm³/mol. The van der Waals surface area contributed by atoms with Crippen LogP contribution in [0.1, 0.15) is 21.7 Å². The Morgan fingerprint density at radius 1 is 1.14 bits per heavy atom. The highest BCUT2D eigenvalue weighted by atomic mass is 79.9. The van der Waals surface area contributed by atoms with Crippen LogP contribution in [-0.4, -0.2) is 27.4 Å². The molecular weight excluding hydrogens is 438 g/mol. The monoisotopic (exact) mass is 455 g/mol. The molecule has 1 aromatic carbocycles. The molecule has 0 spiro atoms. The van der Waals surface area contributed by atoms with Gasteiger partial charge in [-0.25, -0.2) is 9.97 Å². The standard InChI is InChI=1S/C20H18BrN5OS/c21-14-5-3-13(4-6-14)2-1-9-23-20(27)17-16(8-11-28-17)26-19-15-7-10-22-18(15)24-12-25-19/h3-8,10-12H,1-2,9H2,(H,23,27)(H2,22,24,25,26). The van der Waals surface area contributed by atoms with Crippen molar-refractivity contribution in [2.24, 2.45) is 0 Å². The lowest BCUT2D eigenvalue weighted by atomic mass is 10.1. The predicted octanol–water partition coefficient (Wildman–Crippen LogP) is 4.89. The van der Waals surface area contributed by atoms with Crippen LogP contribution in [0.3, 0.4) is 0 Å². The molecule has 3 N–H and O–H groups in total. The van der Waals surface area contributed by atoms with Crippen molar-refractivity contribution < 1.29 is 4.79 Å². The van der Waals surface area contributed by atoms with E-state index in [0.29, 0.717) is 17.2 Å². The van der Waals surface area contributed by atoms with Gasteiger partial charge >= 0.3 is 0 Å². The van der Waals surface area contributed by atoms with Gasteiger partial charge in [-0.05, 0) is 48.1 Å². The maximum atomic E-state index is 12.6. The number of rotatable bonds is 7. The number of halogens is 1. The van der Waals surface area contributed by atoms with E-state index in [1.54, 1.807) is 0 Å². The van der Waals surface area contributed by atoms with Crippen molar-refractivity contribution in [1.29, 1.82) is 0 Å². The van der Waals surface area contributed by atoms with Crippen LogP contribution in [-0.2, 0) is 6.42 Å². The summed E-state index contributed by atoms with van der Waals surface area (Å²) in [5.41, 5.74) is 2.76. The minimum absolute atomic E-state index is 0.0762. The summed E-state index contributed by atoms with van der Waals surface area (Å²) in [6, 6.07) is 12.1. The molecule has 6 nitrogen and oxygen atoms in total. The first-order valence-corrected chi connectivity index (χ1v) is 10.5. The number of nitrogens with zero attached hydrogens (tertiary/aromatic N) is 2. The van der Waals surface area contributed by atoms with Crippen molar-refractivity contribution in [3.8, 4) is 0 Å². The molecular formula is C20H18BrN5OS. The number of nitrogens with one attached hydrogen (secondary N) is 3. The molecule has 0 aliphatic heterocycles. The molecule has 142 valence electrons. The van der Waals surface area contributed by atoms with Crippen molar-refractivity contribution in [2.75, 3.05) is 11.9 Å². The number of hydrogen-bond donors (Lipinski definition) is 3. The summed E-state index contributed by atoms with van der Waals surface area (Å²) in [7, 11) is 0. The quantitative estimate of drug-likeness (QED) is 0.346. The molecule has 0 saturated heterocycles. The van der Waals surface area contributed by atoms with Crippen molar-refractivity contribution in [1.82, 2.24) is 20.3 Å². The van der Waals surface area contributed by atoms with Crippen molar-refractivity contribution in [3.05, 3.63) is 69.2 Å². The molecule has 0 fully saturated rings. The normalized spacial score (nSPS) is 10.9. The van der Waals surface area contributed by atoms with Crippen LogP contribution >= 0.6 is 27.3 Å². The van der Waals surface area contributed by atoms with Gasteiger partial charge in [0.15, 0.2) is 0 Å². The fraction of sp³-hybridized carbons (Fsp3) is 0.150. The van der Waals surface area contributed by atoms with E-state index in [-0.39, 0.29) is 5.91 Å². The van der Waals surface area contributed by atoms with E-state index in [9.17, 15) is 4.79 Å². The lowest BCUT2D eigenvalue weighted by Crippen LogP contribution is -2.24. The smallest absolute Gasteiger partial charge is 0.263 e. The zero-order chi connectivity index (χ0) is 19.3. The first-order chi connectivity index (χ1) is 13.7. The maximum Gasteiger partial charge on any atom is 0.263 e. The molecule has 0 aliphatic rings. The number of thiophene rings is 1. The Bertz CT molecular complexity index is 1090. The summed E-state index contributed by atoms with van der Waals surface area (Å²) in [6.45, 7) is 0.627. The molecule has 0 saturated carbocycles. The number of anilines is 2. The summed E-state index contributed by atoms with van der Waals surface area (Å²) < 4.78 is 1.07. The van der Waals surface area contributed by atoms with E-state index < -0.39 is 0 Å². The number of hydrogen-bond acceptors (Lipinski definition) is 5. The van der Waals surface area contributed by atoms with Crippen LogP contribution in [0.2, 0.25) is 0 Å². The molecule has 28 heavy (non-hydrogen) atoms. The molecule has 4 rings (SSSR count). The van der Waals surface area contributed by atoms with Gasteiger partial charge in [0.25, 0.3) is 5.91 Å². The second kappa shape index (κ2) is 8.53. The Balaban J connectivity index is 1.36. The van der Waals surface area contributed by atoms with Gasteiger partial charge in [-0.2, -0.15) is 0 Å². The Hall–Kier alpha value is -2.71. The first kappa shape index (κ1) is 18.6. The number of H-pyrrole nitrogens is 1. The number of fused-ring (bicyclic) bond motifs is 1. The minimum atomic E-state index is -0.0762. The molecule has 8 heteroatoms. The van der Waals surface area contributed by atoms with Crippen LogP contribution in [0, 0.1) is 0 Å². The summed E-state index contributed by atoms with van der Waals surface area (Å²) in [6.07, 6.45) is 5.12. The van der Waals surface area contributed by atoms with Crippen molar-refractivity contribution >= 4 is 55.7 Å². The van der Waals surface area contributed by atoms with Crippen LogP contribution in [0.15, 0.2) is 58.8 Å². The van der Waals surface area contributed by atoms with Crippen LogP contribution in [0.4, 0.5) is 11.5 Å². The van der Waals surface area contributed by atoms with Crippen LogP contribution in [0.25, 0.3) is 11.0 Å². The van der Waals surface area contributed by atoms with E-state index in [1.165, 1.54) is 23.2 Å². The average molecular weight is 456 g/mol. The van der Waals surface area contributed by atoms with Crippen molar-refractivity contribution in [2.45, 2.75) is 12.8 Å². The van der Waals surface area contributed by atoms with Crippen LogP contribution in [0.5, 0.6) is 0 Å². The number of carbonyl (C=O) groups excluding carboxylic acids is 1. The number of aromatic amines is 1. The zero-order valence-corrected chi connectivity index (χ0v) is 17.3. The number of amides is 1. The average Bonchev–Trinajstić information content (AvgIpc) is 3.36. The van der Waals surface area contributed by atoms with Gasteiger partial charge in [0.2, 0.25) is 0 Å². The van der Waals surface area contributed by atoms with Gasteiger partial charge in [-0.15, -0.1) is 11.3 Å². The van der Waals surface area contributed by atoms with Crippen LogP contribution < -0.4 is 10.6 Å². The molecule has 1 amide bonds. The second-order valence-corrected chi connectivity index (χ2v) is 8.07. The minimum Gasteiger partial charge on any atom is -0.351 e. The molecule has 3 heterocycles. The molecule has 0 aliphatic carbocycles. The second-order valence-electron chi connectivity index (χ2n) is 6.24. The first-order valence-electron chi connectivity index (χ1n) is 8.86. The van der Waals surface area contributed by atoms with Gasteiger partial charge in [-0.1, -0.05) is 28.1 Å². The summed E-state index contributed by atoms with van der Waals surface area (Å²) in [5.74, 6) is 0.599. The fourth-order valence-corrected chi connectivity index (χ4v) is 3.94. The third kappa shape index (κ3) is 4.23. The Morgan fingerprint density at radius 2 is 2.00 bits per heavy atom. The topological polar surface area (TPSA) is 82.7 Å². The number of aryl methyl sites for hydroxylation is 1. The third-order valence-electron chi connectivity index (χ3n) is 4.32. The summed E-state index contributed by atoms with van der Waals surface area (Å²) in [5, 5.41) is 9.05. The van der Waals surface area contributed by atoms with E-state index in [1.807, 2.05) is 35.8 Å². The lowest BCUT2D eigenvalue weighted by Gasteiger charge is -2.09. The van der Waals surface area contributed by atoms with Gasteiger partial charge < -0.3 is 15.6 Å². The molecule has 3 aromatic heterocycles. The van der Waals surface area contributed by atoms with Crippen molar-refractivity contribution in [3.63, 3.8) is 0 Å². The molecule has 0 radical (unpaired) electrons. The number of carbonyl (C=O) groups is 1. The number of aromatic nitrogens is 3. The van der Waals surface area contributed by atoms with Gasteiger partial charge in [-0.3, -0.25) is 4.79 Å². The van der Waals surface area contributed by atoms with Gasteiger partial charge in [0, 0.05) is 17.2 Å². The van der Waals surface area contributed by atoms with Gasteiger partial charge in [0.05, 0.1) is 11.1 Å². The molecule has 0 bridgehead atoms. The van der Waals surface area contributed by atoms with E-state index >= 15 is 0 Å². The summed E-state index contributed by atoms with van der Waals surface area (Å²) >= 11 is 4.85. The Morgan fingerprint density at radius 3 is 2.86 bits per heavy atom. The Labute approximate surface area is 174 Å². The molecule has 0 unspecified atom stereocenters. The zero-order valence-electron chi connectivity index (χ0n) is 14.9.